The minimum Gasteiger partial charge on any atom is -0.468 e. The van der Waals surface area contributed by atoms with Crippen LogP contribution in [0.2, 0.25) is 5.02 Å². The van der Waals surface area contributed by atoms with Crippen LogP contribution >= 0.6 is 27.5 Å². The summed E-state index contributed by atoms with van der Waals surface area (Å²) < 4.78 is 32.2. The lowest BCUT2D eigenvalue weighted by molar-refractivity contribution is -0.138. The Morgan fingerprint density at radius 1 is 1.21 bits per heavy atom. The van der Waals surface area contributed by atoms with Gasteiger partial charge in [0.1, 0.15) is 6.54 Å². The van der Waals surface area contributed by atoms with Crippen LogP contribution in [-0.4, -0.2) is 28.0 Å². The van der Waals surface area contributed by atoms with Gasteiger partial charge < -0.3 is 4.74 Å². The summed E-state index contributed by atoms with van der Waals surface area (Å²) in [5.41, 5.74) is 1.13. The molecule has 0 saturated carbocycles. The van der Waals surface area contributed by atoms with Crippen LogP contribution in [0.5, 0.6) is 0 Å². The first-order valence-corrected chi connectivity index (χ1v) is 9.48. The van der Waals surface area contributed by atoms with Gasteiger partial charge in [-0.3, -0.25) is 9.10 Å². The normalized spacial score (nSPS) is 11.2. The van der Waals surface area contributed by atoms with Gasteiger partial charge in [-0.2, -0.15) is 0 Å². The highest BCUT2D eigenvalue weighted by Crippen LogP contribution is 2.32. The average molecular weight is 433 g/mol. The highest BCUT2D eigenvalue weighted by Gasteiger charge is 2.29. The van der Waals surface area contributed by atoms with Crippen molar-refractivity contribution in [1.29, 1.82) is 0 Å². The maximum atomic E-state index is 13.0. The molecule has 0 amide bonds. The summed E-state index contributed by atoms with van der Waals surface area (Å²) in [6, 6.07) is 11.1. The van der Waals surface area contributed by atoms with Crippen LogP contribution in [0.3, 0.4) is 0 Å². The van der Waals surface area contributed by atoms with Crippen molar-refractivity contribution in [3.63, 3.8) is 0 Å². The van der Waals surface area contributed by atoms with Crippen molar-refractivity contribution in [3.05, 3.63) is 57.5 Å². The number of benzene rings is 2. The van der Waals surface area contributed by atoms with E-state index >= 15 is 0 Å². The number of esters is 1. The second-order valence-electron chi connectivity index (χ2n) is 5.00. The fourth-order valence-corrected chi connectivity index (χ4v) is 4.26. The lowest BCUT2D eigenvalue weighted by Gasteiger charge is -2.24. The van der Waals surface area contributed by atoms with Crippen molar-refractivity contribution >= 4 is 49.2 Å². The summed E-state index contributed by atoms with van der Waals surface area (Å²) in [4.78, 5) is 11.8. The van der Waals surface area contributed by atoms with Gasteiger partial charge in [0.25, 0.3) is 10.0 Å². The van der Waals surface area contributed by atoms with Crippen molar-refractivity contribution in [2.75, 3.05) is 18.0 Å². The van der Waals surface area contributed by atoms with E-state index < -0.39 is 22.5 Å². The SMILES string of the molecule is COC(=O)CN(c1ccc(Br)cc1Cl)S(=O)(=O)c1ccc(C)cc1. The summed E-state index contributed by atoms with van der Waals surface area (Å²) in [6.07, 6.45) is 0. The molecule has 2 aromatic rings. The van der Waals surface area contributed by atoms with Crippen molar-refractivity contribution in [1.82, 2.24) is 0 Å². The number of aryl methyl sites for hydroxylation is 1. The Balaban J connectivity index is 2.57. The lowest BCUT2D eigenvalue weighted by atomic mass is 10.2. The smallest absolute Gasteiger partial charge is 0.326 e. The molecule has 0 aliphatic rings. The molecule has 0 aliphatic carbocycles. The molecule has 0 fully saturated rings. The van der Waals surface area contributed by atoms with Gasteiger partial charge in [-0.25, -0.2) is 8.42 Å². The molecule has 0 heterocycles. The van der Waals surface area contributed by atoms with Crippen LogP contribution in [0, 0.1) is 6.92 Å². The number of carbonyl (C=O) groups excluding carboxylic acids is 1. The molecule has 0 unspecified atom stereocenters. The number of methoxy groups -OCH3 is 1. The molecule has 8 heteroatoms. The summed E-state index contributed by atoms with van der Waals surface area (Å²) in [5, 5.41) is 0.198. The highest BCUT2D eigenvalue weighted by atomic mass is 79.9. The molecule has 0 saturated heterocycles. The van der Waals surface area contributed by atoms with E-state index in [4.69, 9.17) is 11.6 Å². The second-order valence-corrected chi connectivity index (χ2v) is 8.18. The maximum Gasteiger partial charge on any atom is 0.326 e. The molecule has 0 aliphatic heterocycles. The molecular formula is C16H15BrClNO4S. The van der Waals surface area contributed by atoms with E-state index in [9.17, 15) is 13.2 Å². The van der Waals surface area contributed by atoms with Crippen LogP contribution in [0.15, 0.2) is 51.8 Å². The Labute approximate surface area is 154 Å². The fourth-order valence-electron chi connectivity index (χ4n) is 2.00. The second kappa shape index (κ2) is 7.55. The molecule has 0 radical (unpaired) electrons. The molecule has 24 heavy (non-hydrogen) atoms. The van der Waals surface area contributed by atoms with E-state index in [1.54, 1.807) is 24.3 Å². The molecule has 0 aromatic heterocycles. The summed E-state index contributed by atoms with van der Waals surface area (Å²) in [5.74, 6) is -0.690. The number of carbonyl (C=O) groups is 1. The van der Waals surface area contributed by atoms with Gasteiger partial charge in [-0.05, 0) is 37.3 Å². The van der Waals surface area contributed by atoms with Crippen molar-refractivity contribution in [2.45, 2.75) is 11.8 Å². The zero-order chi connectivity index (χ0) is 17.9. The number of sulfonamides is 1. The number of halogens is 2. The number of hydrogen-bond acceptors (Lipinski definition) is 4. The Kier molecular flexibility index (Phi) is 5.90. The quantitative estimate of drug-likeness (QED) is 0.675. The summed E-state index contributed by atoms with van der Waals surface area (Å²) in [6.45, 7) is 1.38. The number of nitrogens with zero attached hydrogens (tertiary/aromatic N) is 1. The molecule has 2 rings (SSSR count). The van der Waals surface area contributed by atoms with Gasteiger partial charge in [0.2, 0.25) is 0 Å². The standard InChI is InChI=1S/C16H15BrClNO4S/c1-11-3-6-13(7-4-11)24(21,22)19(10-16(20)23-2)15-8-5-12(17)9-14(15)18/h3-9H,10H2,1-2H3. The predicted octanol–water partition coefficient (Wildman–Crippen LogP) is 3.78. The van der Waals surface area contributed by atoms with E-state index in [2.05, 4.69) is 20.7 Å². The van der Waals surface area contributed by atoms with Crippen LogP contribution in [-0.2, 0) is 19.6 Å². The van der Waals surface area contributed by atoms with E-state index in [0.29, 0.717) is 4.47 Å². The average Bonchev–Trinajstić information content (AvgIpc) is 2.53. The minimum absolute atomic E-state index is 0.0657. The zero-order valence-corrected chi connectivity index (χ0v) is 16.2. The molecule has 128 valence electrons. The van der Waals surface area contributed by atoms with E-state index in [1.807, 2.05) is 6.92 Å². The van der Waals surface area contributed by atoms with Crippen molar-refractivity contribution in [2.24, 2.45) is 0 Å². The number of anilines is 1. The Hall–Kier alpha value is -1.57. The topological polar surface area (TPSA) is 63.7 Å². The molecule has 0 bridgehead atoms. The summed E-state index contributed by atoms with van der Waals surface area (Å²) >= 11 is 9.45. The Bertz CT molecular complexity index is 853. The van der Waals surface area contributed by atoms with Gasteiger partial charge in [0.15, 0.2) is 0 Å². The van der Waals surface area contributed by atoms with Crippen LogP contribution in [0.1, 0.15) is 5.56 Å². The third-order valence-corrected chi connectivity index (χ3v) is 5.86. The molecule has 0 spiro atoms. The Morgan fingerprint density at radius 3 is 2.38 bits per heavy atom. The van der Waals surface area contributed by atoms with E-state index in [1.165, 1.54) is 25.3 Å². The Morgan fingerprint density at radius 2 is 1.83 bits per heavy atom. The van der Waals surface area contributed by atoms with E-state index in [-0.39, 0.29) is 15.6 Å². The molecule has 5 nitrogen and oxygen atoms in total. The van der Waals surface area contributed by atoms with Gasteiger partial charge in [-0.1, -0.05) is 45.2 Å². The molecule has 2 aromatic carbocycles. The lowest BCUT2D eigenvalue weighted by Crippen LogP contribution is -2.36. The molecule has 0 N–H and O–H groups in total. The van der Waals surface area contributed by atoms with Gasteiger partial charge >= 0.3 is 5.97 Å². The van der Waals surface area contributed by atoms with E-state index in [0.717, 1.165) is 9.87 Å². The third-order valence-electron chi connectivity index (χ3n) is 3.29. The van der Waals surface area contributed by atoms with Crippen molar-refractivity contribution < 1.29 is 17.9 Å². The first-order valence-electron chi connectivity index (χ1n) is 6.87. The van der Waals surface area contributed by atoms with Gasteiger partial charge in [0.05, 0.1) is 22.7 Å². The van der Waals surface area contributed by atoms with Crippen LogP contribution < -0.4 is 4.31 Å². The third kappa shape index (κ3) is 4.09. The number of hydrogen-bond donors (Lipinski definition) is 0. The summed E-state index contributed by atoms with van der Waals surface area (Å²) in [7, 11) is -2.78. The number of ether oxygens (including phenoxy) is 1. The van der Waals surface area contributed by atoms with Gasteiger partial charge in [-0.15, -0.1) is 0 Å². The van der Waals surface area contributed by atoms with Crippen molar-refractivity contribution in [3.8, 4) is 0 Å². The molecular weight excluding hydrogens is 418 g/mol. The first-order chi connectivity index (χ1) is 11.3. The maximum absolute atomic E-state index is 13.0. The highest BCUT2D eigenvalue weighted by molar-refractivity contribution is 9.10. The molecule has 0 atom stereocenters. The van der Waals surface area contributed by atoms with Gasteiger partial charge in [0, 0.05) is 4.47 Å². The largest absolute Gasteiger partial charge is 0.468 e. The fraction of sp³-hybridized carbons (Fsp3) is 0.188. The minimum atomic E-state index is -3.98. The zero-order valence-electron chi connectivity index (χ0n) is 13.0. The van der Waals surface area contributed by atoms with Crippen LogP contribution in [0.4, 0.5) is 5.69 Å². The monoisotopic (exact) mass is 431 g/mol. The number of rotatable bonds is 5. The van der Waals surface area contributed by atoms with Crippen LogP contribution in [0.25, 0.3) is 0 Å². The first kappa shape index (κ1) is 18.8. The predicted molar refractivity (Wildman–Crippen MR) is 96.9 cm³/mol.